The van der Waals surface area contributed by atoms with Crippen LogP contribution in [0.15, 0.2) is 18.2 Å². The SMILES string of the molecule is COc1cc(OC)cc(C(=O)CCC(C)(C)C)c1. The second-order valence-corrected chi connectivity index (χ2v) is 5.59. The third-order valence-electron chi connectivity index (χ3n) is 2.78. The minimum Gasteiger partial charge on any atom is -0.497 e. The van der Waals surface area contributed by atoms with Crippen LogP contribution >= 0.6 is 0 Å². The number of carbonyl (C=O) groups is 1. The van der Waals surface area contributed by atoms with Crippen molar-refractivity contribution in [3.63, 3.8) is 0 Å². The van der Waals surface area contributed by atoms with E-state index in [1.54, 1.807) is 32.4 Å². The smallest absolute Gasteiger partial charge is 0.163 e. The minimum absolute atomic E-state index is 0.127. The van der Waals surface area contributed by atoms with Gasteiger partial charge >= 0.3 is 0 Å². The van der Waals surface area contributed by atoms with Gasteiger partial charge in [-0.05, 0) is 24.0 Å². The van der Waals surface area contributed by atoms with Gasteiger partial charge in [0.2, 0.25) is 0 Å². The van der Waals surface area contributed by atoms with E-state index < -0.39 is 0 Å². The van der Waals surface area contributed by atoms with Crippen molar-refractivity contribution in [2.24, 2.45) is 5.41 Å². The predicted molar refractivity (Wildman–Crippen MR) is 72.6 cm³/mol. The van der Waals surface area contributed by atoms with Crippen LogP contribution in [0.4, 0.5) is 0 Å². The molecule has 1 aromatic carbocycles. The summed E-state index contributed by atoms with van der Waals surface area (Å²) in [6.07, 6.45) is 1.41. The van der Waals surface area contributed by atoms with E-state index in [1.165, 1.54) is 0 Å². The van der Waals surface area contributed by atoms with Gasteiger partial charge < -0.3 is 9.47 Å². The Kier molecular flexibility index (Phi) is 4.76. The highest BCUT2D eigenvalue weighted by Crippen LogP contribution is 2.26. The highest BCUT2D eigenvalue weighted by Gasteiger charge is 2.15. The van der Waals surface area contributed by atoms with Crippen molar-refractivity contribution in [2.45, 2.75) is 33.6 Å². The van der Waals surface area contributed by atoms with E-state index in [1.807, 2.05) is 0 Å². The van der Waals surface area contributed by atoms with Crippen LogP contribution in [0.2, 0.25) is 0 Å². The summed E-state index contributed by atoms with van der Waals surface area (Å²) >= 11 is 0. The summed E-state index contributed by atoms with van der Waals surface area (Å²) < 4.78 is 10.3. The van der Waals surface area contributed by atoms with Gasteiger partial charge in [0.15, 0.2) is 5.78 Å². The molecule has 0 saturated carbocycles. The molecule has 0 radical (unpaired) electrons. The Morgan fingerprint density at radius 3 is 1.94 bits per heavy atom. The number of rotatable bonds is 5. The highest BCUT2D eigenvalue weighted by molar-refractivity contribution is 5.96. The fourth-order valence-corrected chi connectivity index (χ4v) is 1.60. The van der Waals surface area contributed by atoms with E-state index in [0.717, 1.165) is 6.42 Å². The van der Waals surface area contributed by atoms with Crippen molar-refractivity contribution in [1.29, 1.82) is 0 Å². The monoisotopic (exact) mass is 250 g/mol. The number of ether oxygens (including phenoxy) is 2. The maximum atomic E-state index is 12.1. The molecule has 0 aliphatic rings. The van der Waals surface area contributed by atoms with Crippen LogP contribution in [-0.4, -0.2) is 20.0 Å². The maximum absolute atomic E-state index is 12.1. The summed E-state index contributed by atoms with van der Waals surface area (Å²) in [4.78, 5) is 12.1. The number of methoxy groups -OCH3 is 2. The highest BCUT2D eigenvalue weighted by atomic mass is 16.5. The van der Waals surface area contributed by atoms with E-state index >= 15 is 0 Å². The normalized spacial score (nSPS) is 11.2. The molecule has 0 saturated heterocycles. The first-order valence-electron chi connectivity index (χ1n) is 6.12. The van der Waals surface area contributed by atoms with Crippen LogP contribution < -0.4 is 9.47 Å². The standard InChI is InChI=1S/C15H22O3/c1-15(2,3)7-6-14(16)11-8-12(17-4)10-13(9-11)18-5/h8-10H,6-7H2,1-5H3. The van der Waals surface area contributed by atoms with Crippen molar-refractivity contribution >= 4 is 5.78 Å². The number of Topliss-reactive ketones (excluding diaryl/α,β-unsaturated/α-hetero) is 1. The summed E-state index contributed by atoms with van der Waals surface area (Å²) in [5.41, 5.74) is 0.814. The first-order valence-corrected chi connectivity index (χ1v) is 6.12. The van der Waals surface area contributed by atoms with Gasteiger partial charge in [0.1, 0.15) is 11.5 Å². The van der Waals surface area contributed by atoms with Crippen LogP contribution in [-0.2, 0) is 0 Å². The second kappa shape index (κ2) is 5.89. The summed E-state index contributed by atoms with van der Waals surface area (Å²) in [6, 6.07) is 5.28. The molecule has 0 spiro atoms. The minimum atomic E-state index is 0.127. The molecule has 100 valence electrons. The molecule has 0 aliphatic carbocycles. The molecule has 0 fully saturated rings. The number of hydrogen-bond donors (Lipinski definition) is 0. The Hall–Kier alpha value is -1.51. The van der Waals surface area contributed by atoms with Crippen molar-refractivity contribution in [1.82, 2.24) is 0 Å². The quantitative estimate of drug-likeness (QED) is 0.747. The summed E-state index contributed by atoms with van der Waals surface area (Å²) in [5.74, 6) is 1.42. The van der Waals surface area contributed by atoms with E-state index in [0.29, 0.717) is 23.5 Å². The molecule has 0 aromatic heterocycles. The molecule has 0 unspecified atom stereocenters. The van der Waals surface area contributed by atoms with Gasteiger partial charge in [-0.2, -0.15) is 0 Å². The molecule has 18 heavy (non-hydrogen) atoms. The molecule has 0 N–H and O–H groups in total. The summed E-state index contributed by atoms with van der Waals surface area (Å²) in [5, 5.41) is 0. The zero-order valence-corrected chi connectivity index (χ0v) is 11.9. The first-order chi connectivity index (χ1) is 8.35. The second-order valence-electron chi connectivity index (χ2n) is 5.59. The van der Waals surface area contributed by atoms with Gasteiger partial charge in [-0.3, -0.25) is 4.79 Å². The van der Waals surface area contributed by atoms with Gasteiger partial charge in [-0.15, -0.1) is 0 Å². The number of ketones is 1. The molecule has 3 heteroatoms. The Morgan fingerprint density at radius 2 is 1.56 bits per heavy atom. The lowest BCUT2D eigenvalue weighted by molar-refractivity contribution is 0.0965. The molecule has 3 nitrogen and oxygen atoms in total. The van der Waals surface area contributed by atoms with Crippen molar-refractivity contribution < 1.29 is 14.3 Å². The van der Waals surface area contributed by atoms with Gasteiger partial charge in [-0.25, -0.2) is 0 Å². The van der Waals surface area contributed by atoms with Gasteiger partial charge in [0.05, 0.1) is 14.2 Å². The molecule has 1 aromatic rings. The average Bonchev–Trinajstić information content (AvgIpc) is 2.34. The fraction of sp³-hybridized carbons (Fsp3) is 0.533. The van der Waals surface area contributed by atoms with Crippen LogP contribution in [0.25, 0.3) is 0 Å². The molecular formula is C15H22O3. The van der Waals surface area contributed by atoms with Crippen molar-refractivity contribution in [2.75, 3.05) is 14.2 Å². The first kappa shape index (κ1) is 14.6. The van der Waals surface area contributed by atoms with Crippen LogP contribution in [0.5, 0.6) is 11.5 Å². The Bertz CT molecular complexity index is 394. The van der Waals surface area contributed by atoms with E-state index in [9.17, 15) is 4.79 Å². The van der Waals surface area contributed by atoms with Crippen LogP contribution in [0, 0.1) is 5.41 Å². The number of carbonyl (C=O) groups excluding carboxylic acids is 1. The maximum Gasteiger partial charge on any atom is 0.163 e. The van der Waals surface area contributed by atoms with E-state index in [-0.39, 0.29) is 11.2 Å². The van der Waals surface area contributed by atoms with E-state index in [2.05, 4.69) is 20.8 Å². The molecule has 0 aliphatic heterocycles. The van der Waals surface area contributed by atoms with Gasteiger partial charge in [0.25, 0.3) is 0 Å². The lowest BCUT2D eigenvalue weighted by atomic mass is 9.88. The largest absolute Gasteiger partial charge is 0.497 e. The third kappa shape index (κ3) is 4.40. The Morgan fingerprint density at radius 1 is 1.06 bits per heavy atom. The molecular weight excluding hydrogens is 228 g/mol. The van der Waals surface area contributed by atoms with E-state index in [4.69, 9.17) is 9.47 Å². The Labute approximate surface area is 109 Å². The molecule has 1 rings (SSSR count). The van der Waals surface area contributed by atoms with Crippen molar-refractivity contribution in [3.05, 3.63) is 23.8 Å². The average molecular weight is 250 g/mol. The third-order valence-corrected chi connectivity index (χ3v) is 2.78. The zero-order chi connectivity index (χ0) is 13.8. The Balaban J connectivity index is 2.84. The lowest BCUT2D eigenvalue weighted by Gasteiger charge is -2.17. The van der Waals surface area contributed by atoms with Gasteiger partial charge in [0, 0.05) is 18.1 Å². The lowest BCUT2D eigenvalue weighted by Crippen LogP contribution is -2.09. The van der Waals surface area contributed by atoms with Crippen LogP contribution in [0.1, 0.15) is 44.0 Å². The summed E-state index contributed by atoms with van der Waals surface area (Å²) in [6.45, 7) is 6.39. The fourth-order valence-electron chi connectivity index (χ4n) is 1.60. The van der Waals surface area contributed by atoms with Crippen molar-refractivity contribution in [3.8, 4) is 11.5 Å². The zero-order valence-electron chi connectivity index (χ0n) is 11.9. The number of hydrogen-bond acceptors (Lipinski definition) is 3. The number of benzene rings is 1. The topological polar surface area (TPSA) is 35.5 Å². The molecule has 0 bridgehead atoms. The van der Waals surface area contributed by atoms with Crippen LogP contribution in [0.3, 0.4) is 0 Å². The molecule has 0 heterocycles. The summed E-state index contributed by atoms with van der Waals surface area (Å²) in [7, 11) is 3.16. The molecule has 0 amide bonds. The van der Waals surface area contributed by atoms with Gasteiger partial charge in [-0.1, -0.05) is 20.8 Å². The predicted octanol–water partition coefficient (Wildman–Crippen LogP) is 3.71. The molecule has 0 atom stereocenters.